The largest absolute Gasteiger partial charge is 0.464 e. The first-order chi connectivity index (χ1) is 10.3. The summed E-state index contributed by atoms with van der Waals surface area (Å²) in [6, 6.07) is 7.66. The molecule has 0 radical (unpaired) electrons. The monoisotopic (exact) mass is 287 g/mol. The van der Waals surface area contributed by atoms with Crippen LogP contribution in [-0.4, -0.2) is 43.0 Å². The fraction of sp³-hybridized carbons (Fsp3) is 0.471. The zero-order chi connectivity index (χ0) is 14.7. The number of benzene rings is 1. The van der Waals surface area contributed by atoms with E-state index < -0.39 is 0 Å². The van der Waals surface area contributed by atoms with Gasteiger partial charge >= 0.3 is 0 Å². The molecule has 2 heterocycles. The van der Waals surface area contributed by atoms with Crippen LogP contribution in [0.25, 0.3) is 11.0 Å². The first-order valence-corrected chi connectivity index (χ1v) is 7.61. The molecule has 1 aliphatic heterocycles. The van der Waals surface area contributed by atoms with Crippen LogP contribution < -0.4 is 0 Å². The van der Waals surface area contributed by atoms with E-state index in [1.54, 1.807) is 6.26 Å². The van der Waals surface area contributed by atoms with Crippen LogP contribution in [0.4, 0.5) is 0 Å². The molecular formula is C17H21NO3. The average molecular weight is 287 g/mol. The highest BCUT2D eigenvalue weighted by molar-refractivity contribution is 6.08. The van der Waals surface area contributed by atoms with Crippen molar-refractivity contribution in [3.8, 4) is 0 Å². The number of ether oxygens (including phenoxy) is 1. The molecule has 1 aliphatic rings. The standard InChI is InChI=1S/C17H21NO3/c1-2-18(10-13-6-5-9-20-13)11-16(19)15-12-21-17-8-4-3-7-14(15)17/h3-4,7-8,12-13H,2,5-6,9-11H2,1H3. The molecule has 4 nitrogen and oxygen atoms in total. The van der Waals surface area contributed by atoms with Crippen molar-refractivity contribution in [3.63, 3.8) is 0 Å². The van der Waals surface area contributed by atoms with Crippen LogP contribution in [0.1, 0.15) is 30.1 Å². The Balaban J connectivity index is 1.69. The van der Waals surface area contributed by atoms with Crippen molar-refractivity contribution in [3.05, 3.63) is 36.1 Å². The van der Waals surface area contributed by atoms with E-state index >= 15 is 0 Å². The molecule has 2 aromatic rings. The first-order valence-electron chi connectivity index (χ1n) is 7.61. The van der Waals surface area contributed by atoms with E-state index in [0.29, 0.717) is 12.1 Å². The fourth-order valence-corrected chi connectivity index (χ4v) is 2.86. The number of rotatable bonds is 6. The molecule has 3 rings (SSSR count). The number of Topliss-reactive ketones (excluding diaryl/α,β-unsaturated/α-hetero) is 1. The van der Waals surface area contributed by atoms with E-state index in [-0.39, 0.29) is 11.9 Å². The second-order valence-corrected chi connectivity index (χ2v) is 5.53. The highest BCUT2D eigenvalue weighted by atomic mass is 16.5. The Morgan fingerprint density at radius 3 is 3.00 bits per heavy atom. The first kappa shape index (κ1) is 14.3. The van der Waals surface area contributed by atoms with E-state index in [1.807, 2.05) is 24.3 Å². The van der Waals surface area contributed by atoms with Gasteiger partial charge in [-0.25, -0.2) is 0 Å². The van der Waals surface area contributed by atoms with Crippen LogP contribution >= 0.6 is 0 Å². The normalized spacial score (nSPS) is 18.7. The van der Waals surface area contributed by atoms with E-state index in [9.17, 15) is 4.79 Å². The molecule has 0 bridgehead atoms. The lowest BCUT2D eigenvalue weighted by molar-refractivity contribution is 0.0686. The topological polar surface area (TPSA) is 42.7 Å². The summed E-state index contributed by atoms with van der Waals surface area (Å²) >= 11 is 0. The molecule has 112 valence electrons. The number of hydrogen-bond donors (Lipinski definition) is 0. The molecule has 0 aliphatic carbocycles. The summed E-state index contributed by atoms with van der Waals surface area (Å²) in [5.41, 5.74) is 1.44. The van der Waals surface area contributed by atoms with Crippen LogP contribution in [0.3, 0.4) is 0 Å². The van der Waals surface area contributed by atoms with E-state index in [2.05, 4.69) is 11.8 Å². The number of nitrogens with zero attached hydrogens (tertiary/aromatic N) is 1. The van der Waals surface area contributed by atoms with Crippen molar-refractivity contribution in [2.24, 2.45) is 0 Å². The third kappa shape index (κ3) is 3.17. The molecular weight excluding hydrogens is 266 g/mol. The van der Waals surface area contributed by atoms with Crippen molar-refractivity contribution < 1.29 is 13.9 Å². The number of carbonyl (C=O) groups is 1. The lowest BCUT2D eigenvalue weighted by atomic mass is 10.1. The van der Waals surface area contributed by atoms with Gasteiger partial charge in [-0.05, 0) is 25.5 Å². The summed E-state index contributed by atoms with van der Waals surface area (Å²) in [5, 5.41) is 0.899. The molecule has 0 amide bonds. The van der Waals surface area contributed by atoms with Crippen LogP contribution in [-0.2, 0) is 4.74 Å². The minimum absolute atomic E-state index is 0.111. The molecule has 0 N–H and O–H groups in total. The van der Waals surface area contributed by atoms with Gasteiger partial charge in [-0.2, -0.15) is 0 Å². The Labute approximate surface area is 124 Å². The van der Waals surface area contributed by atoms with E-state index in [1.165, 1.54) is 0 Å². The number of carbonyl (C=O) groups excluding carboxylic acids is 1. The van der Waals surface area contributed by atoms with Gasteiger partial charge in [0.25, 0.3) is 0 Å². The van der Waals surface area contributed by atoms with Gasteiger partial charge in [0, 0.05) is 18.5 Å². The quantitative estimate of drug-likeness (QED) is 0.766. The van der Waals surface area contributed by atoms with Gasteiger partial charge in [-0.15, -0.1) is 0 Å². The number of likely N-dealkylation sites (N-methyl/N-ethyl adjacent to an activating group) is 1. The number of fused-ring (bicyclic) bond motifs is 1. The third-order valence-corrected chi connectivity index (χ3v) is 4.08. The SMILES string of the molecule is CCN(CC(=O)c1coc2ccccc12)CC1CCCO1. The summed E-state index contributed by atoms with van der Waals surface area (Å²) in [5.74, 6) is 0.111. The van der Waals surface area contributed by atoms with Crippen LogP contribution in [0, 0.1) is 0 Å². The van der Waals surface area contributed by atoms with E-state index in [0.717, 1.165) is 43.5 Å². The number of para-hydroxylation sites is 1. The molecule has 1 atom stereocenters. The van der Waals surface area contributed by atoms with Crippen LogP contribution in [0.15, 0.2) is 34.9 Å². The number of furan rings is 1. The van der Waals surface area contributed by atoms with Crippen molar-refractivity contribution in [2.75, 3.05) is 26.2 Å². The van der Waals surface area contributed by atoms with Gasteiger partial charge in [0.1, 0.15) is 11.8 Å². The van der Waals surface area contributed by atoms with Gasteiger partial charge in [-0.1, -0.05) is 25.1 Å². The zero-order valence-corrected chi connectivity index (χ0v) is 12.4. The zero-order valence-electron chi connectivity index (χ0n) is 12.4. The fourth-order valence-electron chi connectivity index (χ4n) is 2.86. The second kappa shape index (κ2) is 6.41. The molecule has 4 heteroatoms. The number of hydrogen-bond acceptors (Lipinski definition) is 4. The summed E-state index contributed by atoms with van der Waals surface area (Å²) in [4.78, 5) is 14.7. The molecule has 1 saturated heterocycles. The lowest BCUT2D eigenvalue weighted by Crippen LogP contribution is -2.36. The number of ketones is 1. The summed E-state index contributed by atoms with van der Waals surface area (Å²) in [7, 11) is 0. The highest BCUT2D eigenvalue weighted by Crippen LogP contribution is 2.21. The highest BCUT2D eigenvalue weighted by Gasteiger charge is 2.21. The van der Waals surface area contributed by atoms with Gasteiger partial charge in [0.05, 0.1) is 18.2 Å². The molecule has 0 spiro atoms. The second-order valence-electron chi connectivity index (χ2n) is 5.53. The van der Waals surface area contributed by atoms with Crippen molar-refractivity contribution in [1.82, 2.24) is 4.90 Å². The maximum atomic E-state index is 12.5. The Bertz CT molecular complexity index is 613. The molecule has 1 fully saturated rings. The molecule has 0 saturated carbocycles. The Morgan fingerprint density at radius 2 is 2.24 bits per heavy atom. The smallest absolute Gasteiger partial charge is 0.180 e. The van der Waals surface area contributed by atoms with E-state index in [4.69, 9.17) is 9.15 Å². The van der Waals surface area contributed by atoms with Crippen molar-refractivity contribution in [1.29, 1.82) is 0 Å². The predicted molar refractivity (Wildman–Crippen MR) is 81.6 cm³/mol. The van der Waals surface area contributed by atoms with Gasteiger partial charge in [-0.3, -0.25) is 9.69 Å². The molecule has 1 aromatic heterocycles. The average Bonchev–Trinajstić information content (AvgIpc) is 3.15. The van der Waals surface area contributed by atoms with Gasteiger partial charge in [0.15, 0.2) is 5.78 Å². The summed E-state index contributed by atoms with van der Waals surface area (Å²) in [6.07, 6.45) is 4.08. The van der Waals surface area contributed by atoms with Crippen molar-refractivity contribution in [2.45, 2.75) is 25.9 Å². The predicted octanol–water partition coefficient (Wildman–Crippen LogP) is 3.12. The Kier molecular flexibility index (Phi) is 4.36. The van der Waals surface area contributed by atoms with Crippen LogP contribution in [0.2, 0.25) is 0 Å². The molecule has 1 aromatic carbocycles. The minimum atomic E-state index is 0.111. The van der Waals surface area contributed by atoms with Gasteiger partial charge < -0.3 is 9.15 Å². The van der Waals surface area contributed by atoms with Gasteiger partial charge in [0.2, 0.25) is 0 Å². The maximum absolute atomic E-state index is 12.5. The summed E-state index contributed by atoms with van der Waals surface area (Å²) < 4.78 is 11.1. The molecule has 21 heavy (non-hydrogen) atoms. The molecule has 1 unspecified atom stereocenters. The minimum Gasteiger partial charge on any atom is -0.464 e. The Morgan fingerprint density at radius 1 is 1.38 bits per heavy atom. The Hall–Kier alpha value is -1.65. The van der Waals surface area contributed by atoms with Crippen molar-refractivity contribution >= 4 is 16.8 Å². The maximum Gasteiger partial charge on any atom is 0.180 e. The summed E-state index contributed by atoms with van der Waals surface area (Å²) in [6.45, 7) is 5.03. The lowest BCUT2D eigenvalue weighted by Gasteiger charge is -2.22. The third-order valence-electron chi connectivity index (χ3n) is 4.08. The van der Waals surface area contributed by atoms with Crippen LogP contribution in [0.5, 0.6) is 0 Å².